The quantitative estimate of drug-likeness (QED) is 0.117. The number of carbonyl (C=O) groups excluding carboxylic acids is 4. The number of amides is 4. The zero-order valence-electron chi connectivity index (χ0n) is 36.5. The van der Waals surface area contributed by atoms with Crippen LogP contribution < -0.4 is 10.2 Å². The Bertz CT molecular complexity index is 2810. The number of likely N-dealkylation sites (tertiary alicyclic amines) is 1. The number of aryl methyl sites for hydroxylation is 2. The molecule has 3 saturated heterocycles. The second kappa shape index (κ2) is 18.4. The molecular weight excluding hydrogens is 861 g/mol. The average Bonchev–Trinajstić information content (AvgIpc) is 4.00. The van der Waals surface area contributed by atoms with Crippen LogP contribution in [0.3, 0.4) is 0 Å². The van der Waals surface area contributed by atoms with Crippen LogP contribution in [0.4, 0.5) is 10.1 Å². The summed E-state index contributed by atoms with van der Waals surface area (Å²) in [5.74, 6) is -0.120. The third-order valence-electron chi connectivity index (χ3n) is 13.7. The molecule has 1 unspecified atom stereocenters. The first kappa shape index (κ1) is 43.3. The van der Waals surface area contributed by atoms with Gasteiger partial charge in [-0.2, -0.15) is 9.78 Å². The van der Waals surface area contributed by atoms with E-state index in [9.17, 15) is 28.7 Å². The van der Waals surface area contributed by atoms with Crippen molar-refractivity contribution < 1.29 is 28.7 Å². The number of hydrogen-bond donors (Lipinski definition) is 3. The Kier molecular flexibility index (Phi) is 12.1. The number of imidazole rings is 1. The third-order valence-corrected chi connectivity index (χ3v) is 14.0. The van der Waals surface area contributed by atoms with Gasteiger partial charge in [0.2, 0.25) is 29.5 Å². The van der Waals surface area contributed by atoms with Crippen molar-refractivity contribution in [3.63, 3.8) is 0 Å². The van der Waals surface area contributed by atoms with Gasteiger partial charge >= 0.3 is 0 Å². The maximum atomic E-state index is 13.6. The fourth-order valence-electron chi connectivity index (χ4n) is 9.95. The lowest BCUT2D eigenvalue weighted by Crippen LogP contribution is -2.52. The number of benzene rings is 4. The van der Waals surface area contributed by atoms with E-state index in [1.165, 1.54) is 16.8 Å². The molecule has 6 aromatic rings. The van der Waals surface area contributed by atoms with E-state index >= 15 is 0 Å². The smallest absolute Gasteiger partial charge is 0.255 e. The lowest BCUT2D eigenvalue weighted by molar-refractivity contribution is -0.137. The van der Waals surface area contributed by atoms with Gasteiger partial charge in [-0.05, 0) is 110 Å². The molecule has 2 aromatic heterocycles. The highest BCUT2D eigenvalue weighted by Gasteiger charge is 2.39. The minimum absolute atomic E-state index is 0.0339. The molecular formula is C50H51ClFN9O5. The molecule has 0 aliphatic carbocycles. The molecule has 0 bridgehead atoms. The highest BCUT2D eigenvalue weighted by atomic mass is 35.5. The zero-order chi connectivity index (χ0) is 45.5. The third kappa shape index (κ3) is 9.01. The summed E-state index contributed by atoms with van der Waals surface area (Å²) in [5.41, 5.74) is 8.07. The number of nitrogens with zero attached hydrogens (tertiary/aromatic N) is 7. The monoisotopic (exact) mass is 911 g/mol. The van der Waals surface area contributed by atoms with Gasteiger partial charge in [0.15, 0.2) is 0 Å². The predicted octanol–water partition coefficient (Wildman–Crippen LogP) is 6.45. The maximum Gasteiger partial charge on any atom is 0.255 e. The Morgan fingerprint density at radius 3 is 2.33 bits per heavy atom. The van der Waals surface area contributed by atoms with Crippen molar-refractivity contribution in [1.29, 1.82) is 0 Å². The Hall–Kier alpha value is -6.58. The number of H-pyrrole nitrogens is 1. The van der Waals surface area contributed by atoms with E-state index in [0.717, 1.165) is 92.1 Å². The summed E-state index contributed by atoms with van der Waals surface area (Å²) < 4.78 is 15.0. The molecule has 0 radical (unpaired) electrons. The van der Waals surface area contributed by atoms with Gasteiger partial charge in [-0.15, -0.1) is 0 Å². The Balaban J connectivity index is 0.704. The number of carbonyl (C=O) groups is 4. The Morgan fingerprint density at radius 1 is 0.833 bits per heavy atom. The molecule has 0 saturated carbocycles. The average molecular weight is 912 g/mol. The topological polar surface area (TPSA) is 160 Å². The number of piperazine rings is 1. The van der Waals surface area contributed by atoms with Gasteiger partial charge in [0, 0.05) is 92.6 Å². The predicted molar refractivity (Wildman–Crippen MR) is 248 cm³/mol. The van der Waals surface area contributed by atoms with Crippen LogP contribution in [0, 0.1) is 11.7 Å². The van der Waals surface area contributed by atoms with Gasteiger partial charge < -0.3 is 24.8 Å². The van der Waals surface area contributed by atoms with Gasteiger partial charge in [-0.3, -0.25) is 29.4 Å². The molecule has 3 fully saturated rings. The summed E-state index contributed by atoms with van der Waals surface area (Å²) >= 11 is 6.21. The van der Waals surface area contributed by atoms with Gasteiger partial charge in [0.25, 0.3) is 5.91 Å². The second-order valence-electron chi connectivity index (χ2n) is 18.0. The van der Waals surface area contributed by atoms with Gasteiger partial charge in [-0.25, -0.2) is 9.37 Å². The standard InChI is InChI=1S/C50H51ClFN9O5/c51-36-9-15-41-42(28-36)54-50(53-41)61-49(66)40(13-5-32-3-10-37(52)11-4-32)46(56-61)34-7-1-31(2-8-34)6-18-45(63)59-21-19-33(20-22-59)29-57-23-25-58(26-24-57)38-12-14-39-35(27-38)30-60(48(39)65)43-16-17-44(62)55-47(43)64/h1-4,7-12,14-15,27-28,33,43,66H,5-6,13,16-26,29-30H2,(H,53,54)(H,55,62,64). The van der Waals surface area contributed by atoms with Crippen LogP contribution in [-0.2, 0) is 40.2 Å². The van der Waals surface area contributed by atoms with Crippen molar-refractivity contribution in [2.45, 2.75) is 64.0 Å². The van der Waals surface area contributed by atoms with Crippen LogP contribution in [0.5, 0.6) is 5.88 Å². The number of nitrogens with one attached hydrogen (secondary N) is 2. The summed E-state index contributed by atoms with van der Waals surface area (Å²) in [4.78, 5) is 67.1. The molecule has 4 amide bonds. The Morgan fingerprint density at radius 2 is 1.58 bits per heavy atom. The van der Waals surface area contributed by atoms with E-state index in [-0.39, 0.29) is 35.8 Å². The molecule has 4 aliphatic heterocycles. The zero-order valence-corrected chi connectivity index (χ0v) is 37.3. The van der Waals surface area contributed by atoms with E-state index in [1.54, 1.807) is 29.2 Å². The summed E-state index contributed by atoms with van der Waals surface area (Å²) in [6.07, 6.45) is 4.61. The number of aromatic amines is 1. The van der Waals surface area contributed by atoms with Crippen molar-refractivity contribution >= 4 is 52.0 Å². The fraction of sp³-hybridized carbons (Fsp3) is 0.360. The van der Waals surface area contributed by atoms with E-state index in [4.69, 9.17) is 16.7 Å². The number of rotatable bonds is 12. The van der Waals surface area contributed by atoms with Crippen LogP contribution >= 0.6 is 11.6 Å². The fourth-order valence-corrected chi connectivity index (χ4v) is 10.1. The van der Waals surface area contributed by atoms with E-state index in [0.29, 0.717) is 77.9 Å². The van der Waals surface area contributed by atoms with Crippen LogP contribution in [0.1, 0.15) is 64.7 Å². The molecule has 6 heterocycles. The first-order valence-electron chi connectivity index (χ1n) is 22.9. The van der Waals surface area contributed by atoms with Gasteiger partial charge in [0.05, 0.1) is 11.0 Å². The highest BCUT2D eigenvalue weighted by molar-refractivity contribution is 6.31. The molecule has 4 aliphatic rings. The summed E-state index contributed by atoms with van der Waals surface area (Å²) in [6.45, 7) is 6.54. The number of aromatic hydroxyl groups is 1. The van der Waals surface area contributed by atoms with Crippen molar-refractivity contribution in [3.8, 4) is 23.1 Å². The molecule has 1 atom stereocenters. The Labute approximate surface area is 386 Å². The summed E-state index contributed by atoms with van der Waals surface area (Å²) in [6, 6.07) is 25.0. The maximum absolute atomic E-state index is 13.6. The minimum atomic E-state index is -0.619. The molecule has 14 nitrogen and oxygen atoms in total. The van der Waals surface area contributed by atoms with Crippen LogP contribution in [0.15, 0.2) is 84.9 Å². The normalized spacial score (nSPS) is 18.4. The number of aromatic nitrogens is 4. The first-order chi connectivity index (χ1) is 32.0. The molecule has 3 N–H and O–H groups in total. The van der Waals surface area contributed by atoms with Crippen LogP contribution in [0.2, 0.25) is 5.02 Å². The summed E-state index contributed by atoms with van der Waals surface area (Å²) in [5, 5.41) is 19.3. The SMILES string of the molecule is O=C1CCC(N2Cc3cc(N4CCN(CC5CCN(C(=O)CCc6ccc(-c7nn(-c8nc9cc(Cl)ccc9[nH]8)c(O)c7CCc7ccc(F)cc7)cc6)CC5)CC4)ccc3C2=O)C(=O)N1. The number of hydrogen-bond acceptors (Lipinski definition) is 9. The lowest BCUT2D eigenvalue weighted by Gasteiger charge is -2.39. The van der Waals surface area contributed by atoms with E-state index < -0.39 is 11.9 Å². The highest BCUT2D eigenvalue weighted by Crippen LogP contribution is 2.35. The number of halogens is 2. The number of anilines is 1. The lowest BCUT2D eigenvalue weighted by atomic mass is 9.95. The van der Waals surface area contributed by atoms with Gasteiger partial charge in [-0.1, -0.05) is 48.0 Å². The van der Waals surface area contributed by atoms with Crippen molar-refractivity contribution in [1.82, 2.24) is 39.8 Å². The molecule has 10 rings (SSSR count). The molecule has 340 valence electrons. The van der Waals surface area contributed by atoms with Crippen molar-refractivity contribution in [2.75, 3.05) is 50.7 Å². The number of imide groups is 1. The number of fused-ring (bicyclic) bond motifs is 2. The molecule has 16 heteroatoms. The second-order valence-corrected chi connectivity index (χ2v) is 18.4. The first-order valence-corrected chi connectivity index (χ1v) is 23.2. The minimum Gasteiger partial charge on any atom is -0.493 e. The molecule has 66 heavy (non-hydrogen) atoms. The van der Waals surface area contributed by atoms with E-state index in [2.05, 4.69) is 31.2 Å². The number of piperidine rings is 2. The van der Waals surface area contributed by atoms with E-state index in [1.807, 2.05) is 47.4 Å². The van der Waals surface area contributed by atoms with Crippen molar-refractivity contribution in [3.05, 3.63) is 124 Å². The molecule has 4 aromatic carbocycles. The van der Waals surface area contributed by atoms with Crippen LogP contribution in [-0.4, -0.2) is 115 Å². The largest absolute Gasteiger partial charge is 0.493 e. The van der Waals surface area contributed by atoms with Gasteiger partial charge in [0.1, 0.15) is 17.6 Å². The van der Waals surface area contributed by atoms with Crippen LogP contribution in [0.25, 0.3) is 28.2 Å². The summed E-state index contributed by atoms with van der Waals surface area (Å²) in [7, 11) is 0. The van der Waals surface area contributed by atoms with Crippen molar-refractivity contribution in [2.24, 2.45) is 5.92 Å². The molecule has 0 spiro atoms.